The minimum Gasteiger partial charge on any atom is -0.493 e. The van der Waals surface area contributed by atoms with Gasteiger partial charge in [-0.2, -0.15) is 0 Å². The van der Waals surface area contributed by atoms with Crippen molar-refractivity contribution in [3.63, 3.8) is 0 Å². The molecule has 0 radical (unpaired) electrons. The fourth-order valence-electron chi connectivity index (χ4n) is 1.90. The summed E-state index contributed by atoms with van der Waals surface area (Å²) >= 11 is 0. The number of amides is 1. The van der Waals surface area contributed by atoms with Crippen molar-refractivity contribution in [1.82, 2.24) is 15.0 Å². The van der Waals surface area contributed by atoms with Gasteiger partial charge < -0.3 is 14.8 Å². The predicted octanol–water partition coefficient (Wildman–Crippen LogP) is 1.40. The molecule has 2 rings (SSSR count). The molecule has 2 aromatic rings. The van der Waals surface area contributed by atoms with Crippen LogP contribution in [0.3, 0.4) is 0 Å². The van der Waals surface area contributed by atoms with Gasteiger partial charge in [0.2, 0.25) is 5.91 Å². The van der Waals surface area contributed by atoms with Gasteiger partial charge in [-0.1, -0.05) is 11.3 Å². The molecule has 0 aliphatic rings. The van der Waals surface area contributed by atoms with Crippen LogP contribution in [0.2, 0.25) is 0 Å². The topological polar surface area (TPSA) is 78.3 Å². The highest BCUT2D eigenvalue weighted by atomic mass is 16.5. The van der Waals surface area contributed by atoms with Crippen LogP contribution in [0.5, 0.6) is 11.5 Å². The molecule has 0 unspecified atom stereocenters. The summed E-state index contributed by atoms with van der Waals surface area (Å²) in [5, 5.41) is 10.3. The zero-order chi connectivity index (χ0) is 15.2. The molecule has 0 fully saturated rings. The number of ether oxygens (including phenoxy) is 2. The monoisotopic (exact) mass is 290 g/mol. The minimum absolute atomic E-state index is 0.106. The van der Waals surface area contributed by atoms with Crippen molar-refractivity contribution in [2.75, 3.05) is 19.5 Å². The third-order valence-electron chi connectivity index (χ3n) is 2.96. The molecule has 1 aromatic carbocycles. The fourth-order valence-corrected chi connectivity index (χ4v) is 1.90. The summed E-state index contributed by atoms with van der Waals surface area (Å²) in [5.74, 6) is 1.68. The van der Waals surface area contributed by atoms with E-state index in [0.717, 1.165) is 5.56 Å². The van der Waals surface area contributed by atoms with E-state index in [2.05, 4.69) is 15.6 Å². The standard InChI is InChI=1S/C14H18N4O3/c1-18-9-13(16-17-18)15-14(19)7-5-10-4-6-11(20-2)12(8-10)21-3/h4,6,8-9H,5,7H2,1-3H3,(H,15,19). The number of aryl methyl sites for hydroxylation is 2. The lowest BCUT2D eigenvalue weighted by atomic mass is 10.1. The van der Waals surface area contributed by atoms with Gasteiger partial charge in [-0.15, -0.1) is 5.10 Å². The number of anilines is 1. The second-order valence-electron chi connectivity index (χ2n) is 4.51. The summed E-state index contributed by atoms with van der Waals surface area (Å²) in [6, 6.07) is 5.61. The van der Waals surface area contributed by atoms with Gasteiger partial charge in [0.05, 0.1) is 20.4 Å². The van der Waals surface area contributed by atoms with Gasteiger partial charge in [-0.3, -0.25) is 9.48 Å². The molecule has 0 aliphatic carbocycles. The number of rotatable bonds is 6. The molecule has 21 heavy (non-hydrogen) atoms. The molecule has 7 heteroatoms. The summed E-state index contributed by atoms with van der Waals surface area (Å²) in [4.78, 5) is 11.8. The van der Waals surface area contributed by atoms with E-state index in [1.54, 1.807) is 27.5 Å². The highest BCUT2D eigenvalue weighted by molar-refractivity contribution is 5.89. The van der Waals surface area contributed by atoms with E-state index in [-0.39, 0.29) is 5.91 Å². The third kappa shape index (κ3) is 3.95. The number of hydrogen-bond acceptors (Lipinski definition) is 5. The molecule has 1 N–H and O–H groups in total. The number of carbonyl (C=O) groups excluding carboxylic acids is 1. The SMILES string of the molecule is COc1ccc(CCC(=O)Nc2cn(C)nn2)cc1OC. The van der Waals surface area contributed by atoms with Crippen molar-refractivity contribution in [2.45, 2.75) is 12.8 Å². The first-order valence-corrected chi connectivity index (χ1v) is 6.49. The average molecular weight is 290 g/mol. The van der Waals surface area contributed by atoms with Crippen molar-refractivity contribution in [3.05, 3.63) is 30.0 Å². The van der Waals surface area contributed by atoms with Gasteiger partial charge in [0, 0.05) is 13.5 Å². The number of benzene rings is 1. The molecule has 112 valence electrons. The summed E-state index contributed by atoms with van der Waals surface area (Å²) in [7, 11) is 4.92. The number of nitrogens with zero attached hydrogens (tertiary/aromatic N) is 3. The van der Waals surface area contributed by atoms with E-state index in [1.165, 1.54) is 4.68 Å². The predicted molar refractivity (Wildman–Crippen MR) is 77.5 cm³/mol. The fraction of sp³-hybridized carbons (Fsp3) is 0.357. The Labute approximate surface area is 122 Å². The van der Waals surface area contributed by atoms with Gasteiger partial charge in [0.15, 0.2) is 17.3 Å². The summed E-state index contributed by atoms with van der Waals surface area (Å²) < 4.78 is 11.9. The smallest absolute Gasteiger partial charge is 0.225 e. The molecule has 0 saturated heterocycles. The number of hydrogen-bond donors (Lipinski definition) is 1. The Balaban J connectivity index is 1.91. The number of aromatic nitrogens is 3. The molecule has 0 aliphatic heterocycles. The molecule has 1 amide bonds. The van der Waals surface area contributed by atoms with E-state index in [4.69, 9.17) is 9.47 Å². The molecule has 1 aromatic heterocycles. The normalized spacial score (nSPS) is 10.2. The van der Waals surface area contributed by atoms with Crippen molar-refractivity contribution in [1.29, 1.82) is 0 Å². The van der Waals surface area contributed by atoms with Crippen molar-refractivity contribution >= 4 is 11.7 Å². The van der Waals surface area contributed by atoms with Crippen LogP contribution < -0.4 is 14.8 Å². The number of methoxy groups -OCH3 is 2. The summed E-state index contributed by atoms with van der Waals surface area (Å²) in [6.07, 6.45) is 2.60. The third-order valence-corrected chi connectivity index (χ3v) is 2.96. The Morgan fingerprint density at radius 2 is 2.05 bits per heavy atom. The summed E-state index contributed by atoms with van der Waals surface area (Å²) in [6.45, 7) is 0. The van der Waals surface area contributed by atoms with Crippen LogP contribution in [0.25, 0.3) is 0 Å². The van der Waals surface area contributed by atoms with Crippen LogP contribution in [-0.2, 0) is 18.3 Å². The zero-order valence-corrected chi connectivity index (χ0v) is 12.3. The van der Waals surface area contributed by atoms with Crippen LogP contribution in [0.1, 0.15) is 12.0 Å². The Morgan fingerprint density at radius 1 is 1.29 bits per heavy atom. The minimum atomic E-state index is -0.106. The van der Waals surface area contributed by atoms with Crippen molar-refractivity contribution < 1.29 is 14.3 Å². The Bertz CT molecular complexity index is 624. The molecular weight excluding hydrogens is 272 g/mol. The number of nitrogens with one attached hydrogen (secondary N) is 1. The Morgan fingerprint density at radius 3 is 2.67 bits per heavy atom. The van der Waals surface area contributed by atoms with E-state index < -0.39 is 0 Å². The van der Waals surface area contributed by atoms with Gasteiger partial charge in [0.25, 0.3) is 0 Å². The van der Waals surface area contributed by atoms with Crippen molar-refractivity contribution in [2.24, 2.45) is 7.05 Å². The lowest BCUT2D eigenvalue weighted by Gasteiger charge is -2.09. The van der Waals surface area contributed by atoms with Gasteiger partial charge in [-0.05, 0) is 24.1 Å². The maximum Gasteiger partial charge on any atom is 0.225 e. The van der Waals surface area contributed by atoms with Crippen molar-refractivity contribution in [3.8, 4) is 11.5 Å². The lowest BCUT2D eigenvalue weighted by molar-refractivity contribution is -0.116. The molecule has 0 bridgehead atoms. The zero-order valence-electron chi connectivity index (χ0n) is 12.3. The maximum atomic E-state index is 11.8. The Hall–Kier alpha value is -2.57. The maximum absolute atomic E-state index is 11.8. The second-order valence-corrected chi connectivity index (χ2v) is 4.51. The molecule has 0 atom stereocenters. The second kappa shape index (κ2) is 6.74. The molecule has 7 nitrogen and oxygen atoms in total. The van der Waals surface area contributed by atoms with E-state index >= 15 is 0 Å². The van der Waals surface area contributed by atoms with E-state index in [0.29, 0.717) is 30.2 Å². The quantitative estimate of drug-likeness (QED) is 0.870. The molecule has 0 saturated carbocycles. The first kappa shape index (κ1) is 14.8. The first-order valence-electron chi connectivity index (χ1n) is 6.49. The molecule has 0 spiro atoms. The van der Waals surface area contributed by atoms with Gasteiger partial charge >= 0.3 is 0 Å². The largest absolute Gasteiger partial charge is 0.493 e. The number of carbonyl (C=O) groups is 1. The molecule has 1 heterocycles. The first-order chi connectivity index (χ1) is 10.1. The Kier molecular flexibility index (Phi) is 4.76. The van der Waals surface area contributed by atoms with Gasteiger partial charge in [0.1, 0.15) is 0 Å². The van der Waals surface area contributed by atoms with Crippen LogP contribution in [0, 0.1) is 0 Å². The average Bonchev–Trinajstić information content (AvgIpc) is 2.89. The summed E-state index contributed by atoms with van der Waals surface area (Å²) in [5.41, 5.74) is 1.00. The van der Waals surface area contributed by atoms with E-state index in [1.807, 2.05) is 18.2 Å². The molecular formula is C14H18N4O3. The van der Waals surface area contributed by atoms with E-state index in [9.17, 15) is 4.79 Å². The highest BCUT2D eigenvalue weighted by Crippen LogP contribution is 2.27. The highest BCUT2D eigenvalue weighted by Gasteiger charge is 2.08. The van der Waals surface area contributed by atoms with Crippen LogP contribution >= 0.6 is 0 Å². The van der Waals surface area contributed by atoms with Crippen LogP contribution in [0.4, 0.5) is 5.82 Å². The van der Waals surface area contributed by atoms with Crippen LogP contribution in [-0.4, -0.2) is 35.1 Å². The van der Waals surface area contributed by atoms with Crippen LogP contribution in [0.15, 0.2) is 24.4 Å². The lowest BCUT2D eigenvalue weighted by Crippen LogP contribution is -2.12. The van der Waals surface area contributed by atoms with Gasteiger partial charge in [-0.25, -0.2) is 0 Å².